The van der Waals surface area contributed by atoms with Gasteiger partial charge in [-0.05, 0) is 54.5 Å². The van der Waals surface area contributed by atoms with E-state index < -0.39 is 0 Å². The molecule has 0 aromatic heterocycles. The topological polar surface area (TPSA) is 45.6 Å². The van der Waals surface area contributed by atoms with Crippen LogP contribution in [0.2, 0.25) is 5.02 Å². The highest BCUT2D eigenvalue weighted by molar-refractivity contribution is 7.80. The maximum atomic E-state index is 6.33. The van der Waals surface area contributed by atoms with Gasteiger partial charge in [-0.15, -0.1) is 0 Å². The van der Waals surface area contributed by atoms with Crippen LogP contribution >= 0.6 is 23.8 Å². The van der Waals surface area contributed by atoms with Crippen LogP contribution in [0.3, 0.4) is 0 Å². The Bertz CT molecular complexity index is 768. The highest BCUT2D eigenvalue weighted by Crippen LogP contribution is 2.25. The summed E-state index contributed by atoms with van der Waals surface area (Å²) in [6.07, 6.45) is 10.5. The lowest BCUT2D eigenvalue weighted by atomic mass is 10.1. The molecule has 2 aromatic rings. The number of ether oxygens (including phenoxy) is 1. The molecule has 29 heavy (non-hydrogen) atoms. The third kappa shape index (κ3) is 9.77. The van der Waals surface area contributed by atoms with Gasteiger partial charge < -0.3 is 10.1 Å². The normalized spacial score (nSPS) is 10.8. The smallest absolute Gasteiger partial charge is 0.191 e. The molecule has 0 bridgehead atoms. The van der Waals surface area contributed by atoms with Crippen LogP contribution in [0.1, 0.15) is 57.4 Å². The summed E-state index contributed by atoms with van der Waals surface area (Å²) in [6.45, 7) is 2.94. The molecule has 2 aromatic carbocycles. The molecule has 4 nitrogen and oxygen atoms in total. The summed E-state index contributed by atoms with van der Waals surface area (Å²) in [5, 5.41) is 8.21. The Morgan fingerprint density at radius 3 is 2.48 bits per heavy atom. The number of benzene rings is 2. The van der Waals surface area contributed by atoms with E-state index in [1.54, 1.807) is 6.21 Å². The number of rotatable bonds is 12. The Morgan fingerprint density at radius 2 is 1.76 bits per heavy atom. The number of unbranched alkanes of at least 4 members (excludes halogenated alkanes) is 6. The zero-order chi connectivity index (χ0) is 20.7. The van der Waals surface area contributed by atoms with Crippen molar-refractivity contribution in [2.24, 2.45) is 5.10 Å². The lowest BCUT2D eigenvalue weighted by Crippen LogP contribution is -2.23. The van der Waals surface area contributed by atoms with Gasteiger partial charge in [-0.25, -0.2) is 0 Å². The van der Waals surface area contributed by atoms with Gasteiger partial charge in [-0.2, -0.15) is 5.10 Å². The molecule has 0 amide bonds. The fourth-order valence-electron chi connectivity index (χ4n) is 2.80. The first-order chi connectivity index (χ1) is 14.2. The molecular formula is C23H30ClN3OS. The molecule has 2 rings (SSSR count). The average Bonchev–Trinajstić information content (AvgIpc) is 2.72. The zero-order valence-corrected chi connectivity index (χ0v) is 18.6. The lowest BCUT2D eigenvalue weighted by molar-refractivity contribution is 0.304. The molecule has 0 saturated carbocycles. The monoisotopic (exact) mass is 431 g/mol. The van der Waals surface area contributed by atoms with E-state index in [1.165, 1.54) is 38.5 Å². The van der Waals surface area contributed by atoms with Crippen LogP contribution in [-0.2, 0) is 0 Å². The molecule has 0 aliphatic heterocycles. The molecule has 2 N–H and O–H groups in total. The van der Waals surface area contributed by atoms with Crippen LogP contribution in [-0.4, -0.2) is 17.9 Å². The molecule has 0 atom stereocenters. The first kappa shape index (κ1) is 23.2. The van der Waals surface area contributed by atoms with E-state index in [4.69, 9.17) is 28.6 Å². The molecule has 0 unspecified atom stereocenters. The largest absolute Gasteiger partial charge is 0.492 e. The quantitative estimate of drug-likeness (QED) is 0.168. The number of hydrogen-bond donors (Lipinski definition) is 2. The van der Waals surface area contributed by atoms with E-state index in [1.807, 2.05) is 48.5 Å². The van der Waals surface area contributed by atoms with Crippen LogP contribution in [0.5, 0.6) is 5.75 Å². The Hall–Kier alpha value is -2.11. The lowest BCUT2D eigenvalue weighted by Gasteiger charge is -2.09. The van der Waals surface area contributed by atoms with E-state index in [0.717, 1.165) is 17.7 Å². The first-order valence-electron chi connectivity index (χ1n) is 10.3. The summed E-state index contributed by atoms with van der Waals surface area (Å²) < 4.78 is 5.81. The van der Waals surface area contributed by atoms with Gasteiger partial charge in [0.1, 0.15) is 5.75 Å². The fourth-order valence-corrected chi connectivity index (χ4v) is 3.22. The van der Waals surface area contributed by atoms with Gasteiger partial charge in [0.15, 0.2) is 5.11 Å². The highest BCUT2D eigenvalue weighted by atomic mass is 35.5. The molecule has 0 saturated heterocycles. The number of anilines is 1. The fraction of sp³-hybridized carbons (Fsp3) is 0.391. The molecule has 156 valence electrons. The maximum Gasteiger partial charge on any atom is 0.191 e. The summed E-state index contributed by atoms with van der Waals surface area (Å²) >= 11 is 11.5. The molecule has 0 radical (unpaired) electrons. The minimum Gasteiger partial charge on any atom is -0.492 e. The summed E-state index contributed by atoms with van der Waals surface area (Å²) in [6, 6.07) is 15.3. The van der Waals surface area contributed by atoms with Crippen LogP contribution in [0.4, 0.5) is 5.69 Å². The van der Waals surface area contributed by atoms with Gasteiger partial charge in [-0.1, -0.05) is 75.2 Å². The van der Waals surface area contributed by atoms with Crippen molar-refractivity contribution in [2.45, 2.75) is 51.9 Å². The minimum absolute atomic E-state index is 0.424. The molecule has 0 heterocycles. The van der Waals surface area contributed by atoms with E-state index in [2.05, 4.69) is 22.8 Å². The van der Waals surface area contributed by atoms with E-state index in [-0.39, 0.29) is 0 Å². The van der Waals surface area contributed by atoms with Crippen molar-refractivity contribution in [3.63, 3.8) is 0 Å². The predicted octanol–water partition coefficient (Wildman–Crippen LogP) is 6.79. The molecule has 0 aliphatic rings. The number of para-hydroxylation sites is 1. The Kier molecular flexibility index (Phi) is 11.2. The second-order valence-electron chi connectivity index (χ2n) is 6.85. The van der Waals surface area contributed by atoms with Gasteiger partial charge in [-0.3, -0.25) is 5.43 Å². The number of hydrazone groups is 1. The summed E-state index contributed by atoms with van der Waals surface area (Å²) in [4.78, 5) is 0. The van der Waals surface area contributed by atoms with Crippen molar-refractivity contribution in [2.75, 3.05) is 11.9 Å². The zero-order valence-electron chi connectivity index (χ0n) is 17.0. The Balaban J connectivity index is 1.68. The van der Waals surface area contributed by atoms with Crippen molar-refractivity contribution < 1.29 is 4.74 Å². The molecule has 0 fully saturated rings. The van der Waals surface area contributed by atoms with Crippen molar-refractivity contribution in [1.29, 1.82) is 0 Å². The minimum atomic E-state index is 0.424. The maximum absolute atomic E-state index is 6.33. The van der Waals surface area contributed by atoms with E-state index in [0.29, 0.717) is 22.5 Å². The number of nitrogens with one attached hydrogen (secondary N) is 2. The Morgan fingerprint density at radius 1 is 1.03 bits per heavy atom. The second kappa shape index (κ2) is 14.0. The first-order valence-corrected chi connectivity index (χ1v) is 11.0. The van der Waals surface area contributed by atoms with Crippen LogP contribution < -0.4 is 15.5 Å². The summed E-state index contributed by atoms with van der Waals surface area (Å²) in [7, 11) is 0. The van der Waals surface area contributed by atoms with Gasteiger partial charge in [0.05, 0.1) is 17.8 Å². The van der Waals surface area contributed by atoms with Crippen LogP contribution in [0, 0.1) is 0 Å². The van der Waals surface area contributed by atoms with Crippen molar-refractivity contribution in [3.05, 3.63) is 59.1 Å². The van der Waals surface area contributed by atoms with Gasteiger partial charge in [0.2, 0.25) is 0 Å². The number of halogens is 1. The van der Waals surface area contributed by atoms with Crippen molar-refractivity contribution >= 4 is 40.8 Å². The summed E-state index contributed by atoms with van der Waals surface area (Å²) in [5.74, 6) is 0.712. The van der Waals surface area contributed by atoms with E-state index in [9.17, 15) is 0 Å². The van der Waals surface area contributed by atoms with Crippen LogP contribution in [0.15, 0.2) is 53.6 Å². The third-order valence-corrected chi connectivity index (χ3v) is 4.86. The van der Waals surface area contributed by atoms with Crippen LogP contribution in [0.25, 0.3) is 0 Å². The molecule has 0 aliphatic carbocycles. The second-order valence-corrected chi connectivity index (χ2v) is 7.67. The third-order valence-electron chi connectivity index (χ3n) is 4.37. The average molecular weight is 432 g/mol. The number of thiocarbonyl (C=S) groups is 1. The molecule has 0 spiro atoms. The standard InChI is InChI=1S/C23H30ClN3OS/c1-2-3-4-5-6-7-11-16-28-22-15-14-19(17-21(22)24)18-25-27-23(29)26-20-12-9-8-10-13-20/h8-10,12-15,17-18H,2-7,11,16H2,1H3,(H2,26,27,29)/b25-18+. The predicted molar refractivity (Wildman–Crippen MR) is 128 cm³/mol. The van der Waals surface area contributed by atoms with Gasteiger partial charge >= 0.3 is 0 Å². The number of nitrogens with zero attached hydrogens (tertiary/aromatic N) is 1. The Labute approximate surface area is 184 Å². The van der Waals surface area contributed by atoms with E-state index >= 15 is 0 Å². The SMILES string of the molecule is CCCCCCCCCOc1ccc(/C=N/NC(=S)Nc2ccccc2)cc1Cl. The summed E-state index contributed by atoms with van der Waals surface area (Å²) in [5.41, 5.74) is 4.57. The van der Waals surface area contributed by atoms with Crippen molar-refractivity contribution in [1.82, 2.24) is 5.43 Å². The molecular weight excluding hydrogens is 402 g/mol. The number of hydrogen-bond acceptors (Lipinski definition) is 3. The molecule has 6 heteroatoms. The van der Waals surface area contributed by atoms with Gasteiger partial charge in [0, 0.05) is 5.69 Å². The van der Waals surface area contributed by atoms with Gasteiger partial charge in [0.25, 0.3) is 0 Å². The van der Waals surface area contributed by atoms with Crippen molar-refractivity contribution in [3.8, 4) is 5.75 Å². The highest BCUT2D eigenvalue weighted by Gasteiger charge is 2.03.